The van der Waals surface area contributed by atoms with Crippen LogP contribution in [0.1, 0.15) is 40.0 Å². The highest BCUT2D eigenvalue weighted by Gasteiger charge is 2.27. The number of rotatable bonds is 3. The van der Waals surface area contributed by atoms with E-state index in [1.54, 1.807) is 0 Å². The lowest BCUT2D eigenvalue weighted by Gasteiger charge is -2.37. The lowest BCUT2D eigenvalue weighted by atomic mass is 10.0. The zero-order valence-corrected chi connectivity index (χ0v) is 11.4. The molecule has 1 aliphatic heterocycles. The van der Waals surface area contributed by atoms with Gasteiger partial charge in [-0.05, 0) is 12.8 Å². The predicted molar refractivity (Wildman–Crippen MR) is 67.5 cm³/mol. The molecule has 98 valence electrons. The first-order chi connectivity index (χ1) is 7.97. The third kappa shape index (κ3) is 3.45. The van der Waals surface area contributed by atoms with Crippen LogP contribution in [-0.4, -0.2) is 47.8 Å². The molecule has 1 aliphatic rings. The molecule has 0 bridgehead atoms. The summed E-state index contributed by atoms with van der Waals surface area (Å²) in [4.78, 5) is 27.2. The van der Waals surface area contributed by atoms with E-state index in [9.17, 15) is 9.59 Å². The minimum Gasteiger partial charge on any atom is -0.343 e. The van der Waals surface area contributed by atoms with Crippen LogP contribution >= 0.6 is 0 Å². The van der Waals surface area contributed by atoms with Gasteiger partial charge in [-0.1, -0.05) is 20.8 Å². The van der Waals surface area contributed by atoms with Crippen molar-refractivity contribution in [2.75, 3.05) is 20.1 Å². The monoisotopic (exact) mass is 240 g/mol. The highest BCUT2D eigenvalue weighted by atomic mass is 16.2. The summed E-state index contributed by atoms with van der Waals surface area (Å²) in [5, 5.41) is 0. The molecule has 2 amide bonds. The Kier molecular flexibility index (Phi) is 4.97. The molecule has 17 heavy (non-hydrogen) atoms. The average molecular weight is 240 g/mol. The van der Waals surface area contributed by atoms with E-state index in [4.69, 9.17) is 0 Å². The summed E-state index contributed by atoms with van der Waals surface area (Å²) in [6.07, 6.45) is 2.36. The highest BCUT2D eigenvalue weighted by Crippen LogP contribution is 2.17. The lowest BCUT2D eigenvalue weighted by molar-refractivity contribution is -0.137. The second-order valence-corrected chi connectivity index (χ2v) is 5.07. The van der Waals surface area contributed by atoms with Crippen molar-refractivity contribution >= 4 is 11.8 Å². The van der Waals surface area contributed by atoms with Gasteiger partial charge >= 0.3 is 0 Å². The van der Waals surface area contributed by atoms with Crippen LogP contribution in [0, 0.1) is 5.92 Å². The van der Waals surface area contributed by atoms with Gasteiger partial charge in [-0.15, -0.1) is 0 Å². The van der Waals surface area contributed by atoms with Crippen LogP contribution in [0.4, 0.5) is 0 Å². The number of amides is 2. The quantitative estimate of drug-likeness (QED) is 0.750. The molecule has 0 N–H and O–H groups in total. The standard InChI is InChI=1S/C13H24N2O2/c1-5-12(16)14(4)11-6-8-15(9-7-11)13(17)10(2)3/h10-11H,5-9H2,1-4H3. The van der Waals surface area contributed by atoms with E-state index in [0.717, 1.165) is 25.9 Å². The zero-order valence-electron chi connectivity index (χ0n) is 11.4. The summed E-state index contributed by atoms with van der Waals surface area (Å²) in [5.74, 6) is 0.494. The highest BCUT2D eigenvalue weighted by molar-refractivity contribution is 5.78. The zero-order chi connectivity index (χ0) is 13.0. The molecule has 4 heteroatoms. The third-order valence-corrected chi connectivity index (χ3v) is 3.51. The summed E-state index contributed by atoms with van der Waals surface area (Å²) >= 11 is 0. The first-order valence-corrected chi connectivity index (χ1v) is 6.51. The molecule has 1 heterocycles. The fraction of sp³-hybridized carbons (Fsp3) is 0.846. The fourth-order valence-electron chi connectivity index (χ4n) is 2.29. The lowest BCUT2D eigenvalue weighted by Crippen LogP contribution is -2.48. The minimum absolute atomic E-state index is 0.0709. The van der Waals surface area contributed by atoms with Gasteiger partial charge in [0.25, 0.3) is 0 Å². The van der Waals surface area contributed by atoms with Crippen LogP contribution in [-0.2, 0) is 9.59 Å². The molecular formula is C13H24N2O2. The summed E-state index contributed by atoms with van der Waals surface area (Å²) in [5.41, 5.74) is 0. The summed E-state index contributed by atoms with van der Waals surface area (Å²) in [6, 6.07) is 0.304. The van der Waals surface area contributed by atoms with Gasteiger partial charge in [0, 0.05) is 38.5 Å². The van der Waals surface area contributed by atoms with E-state index in [-0.39, 0.29) is 17.7 Å². The molecule has 0 saturated carbocycles. The van der Waals surface area contributed by atoms with E-state index in [1.165, 1.54) is 0 Å². The van der Waals surface area contributed by atoms with Gasteiger partial charge in [-0.3, -0.25) is 9.59 Å². The molecule has 0 atom stereocenters. The Balaban J connectivity index is 2.45. The van der Waals surface area contributed by atoms with E-state index in [0.29, 0.717) is 12.5 Å². The van der Waals surface area contributed by atoms with Crippen LogP contribution in [0.5, 0.6) is 0 Å². The van der Waals surface area contributed by atoms with Gasteiger partial charge in [-0.2, -0.15) is 0 Å². The van der Waals surface area contributed by atoms with Crippen molar-refractivity contribution < 1.29 is 9.59 Å². The Bertz CT molecular complexity index is 281. The van der Waals surface area contributed by atoms with Crippen molar-refractivity contribution in [3.05, 3.63) is 0 Å². The number of piperidine rings is 1. The van der Waals surface area contributed by atoms with E-state index in [2.05, 4.69) is 0 Å². The number of carbonyl (C=O) groups is 2. The topological polar surface area (TPSA) is 40.6 Å². The molecule has 0 spiro atoms. The maximum Gasteiger partial charge on any atom is 0.225 e. The van der Waals surface area contributed by atoms with Gasteiger partial charge in [0.05, 0.1) is 0 Å². The molecule has 1 saturated heterocycles. The Morgan fingerprint density at radius 1 is 1.29 bits per heavy atom. The fourth-order valence-corrected chi connectivity index (χ4v) is 2.29. The molecule has 0 aromatic heterocycles. The van der Waals surface area contributed by atoms with Gasteiger partial charge in [0.2, 0.25) is 11.8 Å². The molecule has 0 aliphatic carbocycles. The maximum absolute atomic E-state index is 11.8. The van der Waals surface area contributed by atoms with Crippen molar-refractivity contribution in [1.82, 2.24) is 9.80 Å². The molecule has 0 unspecified atom stereocenters. The number of hydrogen-bond donors (Lipinski definition) is 0. The summed E-state index contributed by atoms with van der Waals surface area (Å²) in [7, 11) is 1.87. The molecule has 1 fully saturated rings. The van der Waals surface area contributed by atoms with Crippen LogP contribution in [0.25, 0.3) is 0 Å². The van der Waals surface area contributed by atoms with E-state index < -0.39 is 0 Å². The summed E-state index contributed by atoms with van der Waals surface area (Å²) in [6.45, 7) is 7.31. The molecule has 0 aromatic carbocycles. The van der Waals surface area contributed by atoms with Crippen LogP contribution in [0.3, 0.4) is 0 Å². The van der Waals surface area contributed by atoms with Gasteiger partial charge in [-0.25, -0.2) is 0 Å². The number of nitrogens with zero attached hydrogens (tertiary/aromatic N) is 2. The Morgan fingerprint density at radius 2 is 1.82 bits per heavy atom. The second kappa shape index (κ2) is 6.03. The average Bonchev–Trinajstić information content (AvgIpc) is 2.36. The normalized spacial score (nSPS) is 17.4. The first-order valence-electron chi connectivity index (χ1n) is 6.51. The number of carbonyl (C=O) groups excluding carboxylic acids is 2. The Hall–Kier alpha value is -1.06. The van der Waals surface area contributed by atoms with Crippen molar-refractivity contribution in [3.8, 4) is 0 Å². The molecule has 0 radical (unpaired) electrons. The SMILES string of the molecule is CCC(=O)N(C)C1CCN(C(=O)C(C)C)CC1. The smallest absolute Gasteiger partial charge is 0.225 e. The minimum atomic E-state index is 0.0709. The second-order valence-electron chi connectivity index (χ2n) is 5.07. The largest absolute Gasteiger partial charge is 0.343 e. The van der Waals surface area contributed by atoms with Crippen molar-refractivity contribution in [1.29, 1.82) is 0 Å². The Morgan fingerprint density at radius 3 is 2.24 bits per heavy atom. The molecule has 0 aromatic rings. The van der Waals surface area contributed by atoms with E-state index in [1.807, 2.05) is 37.6 Å². The predicted octanol–water partition coefficient (Wildman–Crippen LogP) is 1.50. The molecular weight excluding hydrogens is 216 g/mol. The molecule has 4 nitrogen and oxygen atoms in total. The van der Waals surface area contributed by atoms with Gasteiger partial charge in [0.15, 0.2) is 0 Å². The van der Waals surface area contributed by atoms with Crippen molar-refractivity contribution in [3.63, 3.8) is 0 Å². The number of likely N-dealkylation sites (tertiary alicyclic amines) is 1. The van der Waals surface area contributed by atoms with Crippen LogP contribution < -0.4 is 0 Å². The number of hydrogen-bond acceptors (Lipinski definition) is 2. The molecule has 1 rings (SSSR count). The van der Waals surface area contributed by atoms with Gasteiger partial charge < -0.3 is 9.80 Å². The van der Waals surface area contributed by atoms with E-state index >= 15 is 0 Å². The first kappa shape index (κ1) is 14.0. The van der Waals surface area contributed by atoms with Crippen molar-refractivity contribution in [2.45, 2.75) is 46.1 Å². The van der Waals surface area contributed by atoms with Crippen molar-refractivity contribution in [2.24, 2.45) is 5.92 Å². The van der Waals surface area contributed by atoms with Crippen LogP contribution in [0.15, 0.2) is 0 Å². The maximum atomic E-state index is 11.8. The van der Waals surface area contributed by atoms with Crippen LogP contribution in [0.2, 0.25) is 0 Å². The van der Waals surface area contributed by atoms with Gasteiger partial charge in [0.1, 0.15) is 0 Å². The Labute approximate surface area is 104 Å². The summed E-state index contributed by atoms with van der Waals surface area (Å²) < 4.78 is 0. The third-order valence-electron chi connectivity index (χ3n) is 3.51.